The molecule has 0 aromatic heterocycles. The number of anilines is 1. The molecule has 0 fully saturated rings. The van der Waals surface area contributed by atoms with E-state index in [0.29, 0.717) is 24.4 Å². The first-order valence-electron chi connectivity index (χ1n) is 11.0. The molecule has 0 heterocycles. The first-order chi connectivity index (χ1) is 15.2. The number of benzene rings is 1. The molecule has 1 aromatic rings. The molecule has 32 heavy (non-hydrogen) atoms. The number of rotatable bonds is 13. The Labute approximate surface area is 194 Å². The van der Waals surface area contributed by atoms with E-state index < -0.39 is 0 Å². The molecule has 1 aromatic carbocycles. The number of likely N-dealkylation sites (N-methyl/N-ethyl adjacent to an activating group) is 1. The van der Waals surface area contributed by atoms with Crippen molar-refractivity contribution in [2.75, 3.05) is 25.0 Å². The predicted octanol–water partition coefficient (Wildman–Crippen LogP) is 5.32. The fourth-order valence-electron chi connectivity index (χ4n) is 2.94. The third kappa shape index (κ3) is 8.80. The SMILES string of the molecule is C=C/C(=C\C=C(\N)C/N=C(C)/C(C=N)=C/NCC(=C)C)N(C)c1cc(CC)cc(CC)c1. The van der Waals surface area contributed by atoms with Gasteiger partial charge >= 0.3 is 0 Å². The lowest BCUT2D eigenvalue weighted by atomic mass is 10.0. The van der Waals surface area contributed by atoms with Crippen LogP contribution < -0.4 is 16.0 Å². The highest BCUT2D eigenvalue weighted by Crippen LogP contribution is 2.23. The van der Waals surface area contributed by atoms with Crippen LogP contribution in [-0.2, 0) is 12.8 Å². The van der Waals surface area contributed by atoms with E-state index in [9.17, 15) is 0 Å². The van der Waals surface area contributed by atoms with Crippen molar-refractivity contribution in [3.05, 3.63) is 89.5 Å². The standard InChI is InChI=1S/C27H39N5/c1-8-22-13-23(9-2)15-27(14-22)32(7)26(10-3)12-11-25(29)19-31-21(6)24(16-28)18-30-17-20(4)5/h10-16,18,28,30H,3-4,8-9,17,19,29H2,1-2,5-7H3/b24-18+,25-11+,26-12+,28-16?,31-21+. The number of hydrogen-bond acceptors (Lipinski definition) is 5. The first-order valence-corrected chi connectivity index (χ1v) is 11.0. The zero-order valence-corrected chi connectivity index (χ0v) is 20.3. The van der Waals surface area contributed by atoms with Crippen LogP contribution in [0, 0.1) is 5.41 Å². The Morgan fingerprint density at radius 1 is 1.16 bits per heavy atom. The maximum absolute atomic E-state index is 7.60. The molecule has 0 aliphatic carbocycles. The third-order valence-corrected chi connectivity index (χ3v) is 5.04. The van der Waals surface area contributed by atoms with Gasteiger partial charge in [0.05, 0.1) is 6.54 Å². The Bertz CT molecular complexity index is 909. The highest BCUT2D eigenvalue weighted by atomic mass is 15.1. The molecule has 0 bridgehead atoms. The number of nitrogens with one attached hydrogen (secondary N) is 2. The number of hydrogen-bond donors (Lipinski definition) is 3. The minimum absolute atomic E-state index is 0.355. The van der Waals surface area contributed by atoms with Gasteiger partial charge in [-0.2, -0.15) is 0 Å². The summed E-state index contributed by atoms with van der Waals surface area (Å²) in [7, 11) is 2.03. The molecule has 0 aliphatic heterocycles. The smallest absolute Gasteiger partial charge is 0.0787 e. The molecule has 5 heteroatoms. The molecular formula is C27H39N5. The number of allylic oxidation sites excluding steroid dienone is 4. The fraction of sp³-hybridized carbons (Fsp3) is 0.333. The Morgan fingerprint density at radius 3 is 2.28 bits per heavy atom. The normalized spacial score (nSPS) is 13.0. The van der Waals surface area contributed by atoms with Crippen molar-refractivity contribution in [1.82, 2.24) is 5.32 Å². The lowest BCUT2D eigenvalue weighted by molar-refractivity contribution is 0.937. The van der Waals surface area contributed by atoms with Crippen molar-refractivity contribution in [1.29, 1.82) is 5.41 Å². The maximum Gasteiger partial charge on any atom is 0.0787 e. The van der Waals surface area contributed by atoms with Gasteiger partial charge in [-0.1, -0.05) is 38.6 Å². The van der Waals surface area contributed by atoms with Crippen LogP contribution in [0.5, 0.6) is 0 Å². The molecule has 172 valence electrons. The van der Waals surface area contributed by atoms with Gasteiger partial charge in [0.2, 0.25) is 0 Å². The van der Waals surface area contributed by atoms with E-state index in [-0.39, 0.29) is 0 Å². The second kappa shape index (κ2) is 13.9. The van der Waals surface area contributed by atoms with Crippen LogP contribution >= 0.6 is 0 Å². The molecule has 1 rings (SSSR count). The Balaban J connectivity index is 2.98. The lowest BCUT2D eigenvalue weighted by Gasteiger charge is -2.22. The largest absolute Gasteiger partial charge is 0.401 e. The van der Waals surface area contributed by atoms with Gasteiger partial charge in [-0.05, 0) is 68.2 Å². The van der Waals surface area contributed by atoms with Crippen LogP contribution in [-0.4, -0.2) is 32.1 Å². The van der Waals surface area contributed by atoms with Crippen LogP contribution in [0.4, 0.5) is 5.69 Å². The molecule has 0 atom stereocenters. The second-order valence-electron chi connectivity index (χ2n) is 7.79. The molecule has 0 unspecified atom stereocenters. The zero-order valence-electron chi connectivity index (χ0n) is 20.3. The Morgan fingerprint density at radius 2 is 1.78 bits per heavy atom. The monoisotopic (exact) mass is 433 g/mol. The van der Waals surface area contributed by atoms with Gasteiger partial charge in [-0.3, -0.25) is 4.99 Å². The molecule has 0 amide bonds. The van der Waals surface area contributed by atoms with E-state index in [4.69, 9.17) is 11.1 Å². The zero-order chi connectivity index (χ0) is 24.1. The van der Waals surface area contributed by atoms with Crippen LogP contribution in [0.15, 0.2) is 83.3 Å². The number of nitrogens with two attached hydrogens (primary N) is 1. The molecule has 0 radical (unpaired) electrons. The summed E-state index contributed by atoms with van der Waals surface area (Å²) in [5.74, 6) is 0. The van der Waals surface area contributed by atoms with Crippen LogP contribution in [0.2, 0.25) is 0 Å². The fourth-order valence-corrected chi connectivity index (χ4v) is 2.94. The predicted molar refractivity (Wildman–Crippen MR) is 142 cm³/mol. The van der Waals surface area contributed by atoms with E-state index in [1.54, 1.807) is 6.20 Å². The van der Waals surface area contributed by atoms with Gasteiger partial charge in [0.15, 0.2) is 0 Å². The molecule has 4 N–H and O–H groups in total. The molecule has 0 saturated carbocycles. The maximum atomic E-state index is 7.60. The molecule has 0 spiro atoms. The van der Waals surface area contributed by atoms with Crippen LogP contribution in [0.3, 0.4) is 0 Å². The summed E-state index contributed by atoms with van der Waals surface area (Å²) in [4.78, 5) is 6.64. The van der Waals surface area contributed by atoms with Gasteiger partial charge < -0.3 is 21.4 Å². The molecule has 0 saturated heterocycles. The summed E-state index contributed by atoms with van der Waals surface area (Å²) < 4.78 is 0. The van der Waals surface area contributed by atoms with Crippen LogP contribution in [0.25, 0.3) is 0 Å². The van der Waals surface area contributed by atoms with E-state index in [2.05, 4.69) is 60.4 Å². The van der Waals surface area contributed by atoms with Crippen LogP contribution in [0.1, 0.15) is 38.8 Å². The lowest BCUT2D eigenvalue weighted by Crippen LogP contribution is -2.15. The summed E-state index contributed by atoms with van der Waals surface area (Å²) in [6, 6.07) is 6.69. The first kappa shape index (κ1) is 26.7. The topological polar surface area (TPSA) is 77.5 Å². The number of aliphatic imine (C=N–C) groups is 1. The third-order valence-electron chi connectivity index (χ3n) is 5.04. The van der Waals surface area contributed by atoms with E-state index >= 15 is 0 Å². The van der Waals surface area contributed by atoms with Gasteiger partial charge in [0, 0.05) is 54.4 Å². The highest BCUT2D eigenvalue weighted by molar-refractivity contribution is 6.14. The summed E-state index contributed by atoms with van der Waals surface area (Å²) in [5.41, 5.74) is 14.0. The molecule has 5 nitrogen and oxygen atoms in total. The summed E-state index contributed by atoms with van der Waals surface area (Å²) in [6.07, 6.45) is 10.7. The average molecular weight is 434 g/mol. The van der Waals surface area contributed by atoms with E-state index in [1.165, 1.54) is 17.3 Å². The average Bonchev–Trinajstić information content (AvgIpc) is 2.79. The van der Waals surface area contributed by atoms with E-state index in [1.807, 2.05) is 39.1 Å². The van der Waals surface area contributed by atoms with Crippen molar-refractivity contribution in [2.45, 2.75) is 40.5 Å². The Hall–Kier alpha value is -3.34. The van der Waals surface area contributed by atoms with E-state index in [0.717, 1.165) is 35.5 Å². The molecular weight excluding hydrogens is 394 g/mol. The summed E-state index contributed by atoms with van der Waals surface area (Å²) in [5, 5.41) is 10.7. The summed E-state index contributed by atoms with van der Waals surface area (Å²) in [6.45, 7) is 17.0. The second-order valence-corrected chi connectivity index (χ2v) is 7.79. The number of nitrogens with zero attached hydrogens (tertiary/aromatic N) is 2. The van der Waals surface area contributed by atoms with Crippen molar-refractivity contribution < 1.29 is 0 Å². The minimum Gasteiger partial charge on any atom is -0.401 e. The van der Waals surface area contributed by atoms with Crippen molar-refractivity contribution in [3.63, 3.8) is 0 Å². The van der Waals surface area contributed by atoms with Gasteiger partial charge in [-0.25, -0.2) is 0 Å². The van der Waals surface area contributed by atoms with Crippen molar-refractivity contribution >= 4 is 17.6 Å². The Kier molecular flexibility index (Phi) is 11.6. The van der Waals surface area contributed by atoms with Gasteiger partial charge in [-0.15, -0.1) is 0 Å². The summed E-state index contributed by atoms with van der Waals surface area (Å²) >= 11 is 0. The van der Waals surface area contributed by atoms with Gasteiger partial charge in [0.25, 0.3) is 0 Å². The number of aryl methyl sites for hydroxylation is 2. The quantitative estimate of drug-likeness (QED) is 0.224. The molecule has 0 aliphatic rings. The van der Waals surface area contributed by atoms with Crippen molar-refractivity contribution in [3.8, 4) is 0 Å². The van der Waals surface area contributed by atoms with Crippen molar-refractivity contribution in [2.24, 2.45) is 10.7 Å². The minimum atomic E-state index is 0.355. The van der Waals surface area contributed by atoms with Gasteiger partial charge in [0.1, 0.15) is 0 Å². The highest BCUT2D eigenvalue weighted by Gasteiger charge is 2.07.